The first-order valence-electron chi connectivity index (χ1n) is 8.57. The summed E-state index contributed by atoms with van der Waals surface area (Å²) in [4.78, 5) is 16.0. The summed E-state index contributed by atoms with van der Waals surface area (Å²) in [5, 5.41) is 1.03. The van der Waals surface area contributed by atoms with E-state index in [0.29, 0.717) is 24.1 Å². The van der Waals surface area contributed by atoms with Gasteiger partial charge in [0.2, 0.25) is 5.95 Å². The summed E-state index contributed by atoms with van der Waals surface area (Å²) in [5.41, 5.74) is 6.20. The molecule has 0 aromatic carbocycles. The average Bonchev–Trinajstić information content (AvgIpc) is 2.99. The van der Waals surface area contributed by atoms with E-state index in [1.165, 1.54) is 0 Å². The zero-order valence-electron chi connectivity index (χ0n) is 14.8. The fourth-order valence-corrected chi connectivity index (χ4v) is 3.13. The second-order valence-electron chi connectivity index (χ2n) is 6.65. The van der Waals surface area contributed by atoms with Gasteiger partial charge in [0.1, 0.15) is 5.65 Å². The van der Waals surface area contributed by atoms with Crippen LogP contribution in [0, 0.1) is 19.8 Å². The zero-order chi connectivity index (χ0) is 18.1. The number of nitrogens with one attached hydrogen (secondary N) is 1. The van der Waals surface area contributed by atoms with Gasteiger partial charge in [-0.05, 0) is 54.8 Å². The normalized spacial score (nSPS) is 11.2. The highest BCUT2D eigenvalue weighted by Crippen LogP contribution is 2.22. The molecule has 0 radical (unpaired) electrons. The van der Waals surface area contributed by atoms with Crippen molar-refractivity contribution in [3.63, 3.8) is 0 Å². The highest BCUT2D eigenvalue weighted by atomic mass is 19.1. The maximum Gasteiger partial charge on any atom is 0.216 e. The third kappa shape index (κ3) is 3.33. The van der Waals surface area contributed by atoms with E-state index in [2.05, 4.69) is 26.0 Å². The van der Waals surface area contributed by atoms with E-state index >= 15 is 0 Å². The van der Waals surface area contributed by atoms with Gasteiger partial charge in [-0.15, -0.1) is 0 Å². The molecule has 0 saturated carbocycles. The molecule has 0 saturated heterocycles. The molecule has 0 fully saturated rings. The van der Waals surface area contributed by atoms with Crippen molar-refractivity contribution in [2.45, 2.75) is 26.7 Å². The summed E-state index contributed by atoms with van der Waals surface area (Å²) in [6, 6.07) is 9.70. The molecular formula is C21H19FN4. The van der Waals surface area contributed by atoms with Crippen LogP contribution in [-0.2, 0) is 12.8 Å². The van der Waals surface area contributed by atoms with Crippen molar-refractivity contribution in [3.8, 4) is 0 Å². The van der Waals surface area contributed by atoms with E-state index in [-0.39, 0.29) is 0 Å². The van der Waals surface area contributed by atoms with Crippen molar-refractivity contribution in [1.82, 2.24) is 19.9 Å². The van der Waals surface area contributed by atoms with Crippen molar-refractivity contribution in [3.05, 3.63) is 88.5 Å². The predicted octanol–water partition coefficient (Wildman–Crippen LogP) is 4.29. The van der Waals surface area contributed by atoms with Crippen molar-refractivity contribution in [2.75, 3.05) is 0 Å². The van der Waals surface area contributed by atoms with E-state index in [9.17, 15) is 4.39 Å². The maximum atomic E-state index is 14.5. The van der Waals surface area contributed by atoms with Gasteiger partial charge in [-0.2, -0.15) is 4.39 Å². The quantitative estimate of drug-likeness (QED) is 0.561. The molecule has 0 aliphatic carbocycles. The number of halogens is 1. The van der Waals surface area contributed by atoms with Crippen LogP contribution in [0.15, 0.2) is 48.9 Å². The molecule has 4 aromatic heterocycles. The number of aryl methyl sites for hydroxylation is 2. The molecule has 0 unspecified atom stereocenters. The van der Waals surface area contributed by atoms with Crippen LogP contribution < -0.4 is 0 Å². The first-order valence-corrected chi connectivity index (χ1v) is 8.57. The molecule has 0 aliphatic heterocycles. The van der Waals surface area contributed by atoms with Crippen LogP contribution in [0.5, 0.6) is 0 Å². The minimum Gasteiger partial charge on any atom is -0.346 e. The smallest absolute Gasteiger partial charge is 0.216 e. The Morgan fingerprint density at radius 2 is 1.81 bits per heavy atom. The Morgan fingerprint density at radius 3 is 2.62 bits per heavy atom. The molecular weight excluding hydrogens is 327 g/mol. The van der Waals surface area contributed by atoms with Crippen molar-refractivity contribution in [2.24, 2.45) is 0 Å². The number of hydrogen-bond donors (Lipinski definition) is 1. The summed E-state index contributed by atoms with van der Waals surface area (Å²) in [5.74, 6) is -0.426. The summed E-state index contributed by atoms with van der Waals surface area (Å²) in [6.07, 6.45) is 6.48. The standard InChI is InChI=1S/C21H19FN4/c1-13-5-6-23-18(7-13)10-17-4-3-15(20(22)26-17)9-16-12-25-21-19(16)8-14(2)11-24-21/h3-8,11-12H,9-10H2,1-2H3,(H,24,25). The molecule has 130 valence electrons. The van der Waals surface area contributed by atoms with Crippen LogP contribution in [0.3, 0.4) is 0 Å². The van der Waals surface area contributed by atoms with Gasteiger partial charge in [0.05, 0.1) is 0 Å². The van der Waals surface area contributed by atoms with Crippen LogP contribution in [-0.4, -0.2) is 19.9 Å². The van der Waals surface area contributed by atoms with Gasteiger partial charge in [0, 0.05) is 53.8 Å². The molecule has 0 bridgehead atoms. The van der Waals surface area contributed by atoms with Crippen molar-refractivity contribution >= 4 is 11.0 Å². The van der Waals surface area contributed by atoms with Gasteiger partial charge in [-0.1, -0.05) is 6.07 Å². The fourth-order valence-electron chi connectivity index (χ4n) is 3.13. The molecule has 0 amide bonds. The Balaban J connectivity index is 1.58. The van der Waals surface area contributed by atoms with Crippen LogP contribution in [0.1, 0.15) is 33.6 Å². The molecule has 4 heterocycles. The van der Waals surface area contributed by atoms with E-state index in [1.807, 2.05) is 50.5 Å². The van der Waals surface area contributed by atoms with Gasteiger partial charge in [-0.3, -0.25) is 4.98 Å². The Hall–Kier alpha value is -3.08. The Labute approximate surface area is 151 Å². The lowest BCUT2D eigenvalue weighted by Gasteiger charge is -2.06. The third-order valence-corrected chi connectivity index (χ3v) is 4.45. The molecule has 0 aliphatic rings. The molecule has 0 spiro atoms. The molecule has 4 rings (SSSR count). The van der Waals surface area contributed by atoms with Gasteiger partial charge in [0.15, 0.2) is 0 Å². The summed E-state index contributed by atoms with van der Waals surface area (Å²) in [7, 11) is 0. The third-order valence-electron chi connectivity index (χ3n) is 4.45. The van der Waals surface area contributed by atoms with Gasteiger partial charge in [0.25, 0.3) is 0 Å². The van der Waals surface area contributed by atoms with E-state index < -0.39 is 5.95 Å². The Bertz CT molecular complexity index is 1080. The molecule has 4 aromatic rings. The van der Waals surface area contributed by atoms with Crippen LogP contribution in [0.2, 0.25) is 0 Å². The molecule has 26 heavy (non-hydrogen) atoms. The van der Waals surface area contributed by atoms with E-state index in [1.54, 1.807) is 6.20 Å². The van der Waals surface area contributed by atoms with Crippen molar-refractivity contribution < 1.29 is 4.39 Å². The van der Waals surface area contributed by atoms with E-state index in [0.717, 1.165) is 33.4 Å². The summed E-state index contributed by atoms with van der Waals surface area (Å²) >= 11 is 0. The largest absolute Gasteiger partial charge is 0.346 e. The first-order chi connectivity index (χ1) is 12.6. The molecule has 1 N–H and O–H groups in total. The average molecular weight is 346 g/mol. The summed E-state index contributed by atoms with van der Waals surface area (Å²) < 4.78 is 14.5. The number of nitrogens with zero attached hydrogens (tertiary/aromatic N) is 3. The van der Waals surface area contributed by atoms with Crippen molar-refractivity contribution in [1.29, 1.82) is 0 Å². The fraction of sp³-hybridized carbons (Fsp3) is 0.190. The van der Waals surface area contributed by atoms with Crippen LogP contribution in [0.25, 0.3) is 11.0 Å². The van der Waals surface area contributed by atoms with Crippen LogP contribution in [0.4, 0.5) is 4.39 Å². The number of aromatic nitrogens is 4. The number of rotatable bonds is 4. The topological polar surface area (TPSA) is 54.5 Å². The predicted molar refractivity (Wildman–Crippen MR) is 99.6 cm³/mol. The zero-order valence-corrected chi connectivity index (χ0v) is 14.8. The van der Waals surface area contributed by atoms with Gasteiger partial charge in [-0.25, -0.2) is 9.97 Å². The van der Waals surface area contributed by atoms with Gasteiger partial charge >= 0.3 is 0 Å². The maximum absolute atomic E-state index is 14.5. The number of pyridine rings is 3. The number of aromatic amines is 1. The molecule has 5 heteroatoms. The Morgan fingerprint density at radius 1 is 0.923 bits per heavy atom. The highest BCUT2D eigenvalue weighted by molar-refractivity contribution is 5.80. The highest BCUT2D eigenvalue weighted by Gasteiger charge is 2.11. The minimum absolute atomic E-state index is 0.426. The van der Waals surface area contributed by atoms with Crippen LogP contribution >= 0.6 is 0 Å². The second-order valence-corrected chi connectivity index (χ2v) is 6.65. The SMILES string of the molecule is Cc1ccnc(Cc2ccc(Cc3c[nH]c4ncc(C)cc34)c(F)n2)c1. The lowest BCUT2D eigenvalue weighted by atomic mass is 10.0. The number of hydrogen-bond acceptors (Lipinski definition) is 3. The Kier molecular flexibility index (Phi) is 4.21. The molecule has 4 nitrogen and oxygen atoms in total. The number of H-pyrrole nitrogens is 1. The number of fused-ring (bicyclic) bond motifs is 1. The summed E-state index contributed by atoms with van der Waals surface area (Å²) in [6.45, 7) is 4.01. The lowest BCUT2D eigenvalue weighted by Crippen LogP contribution is -2.01. The van der Waals surface area contributed by atoms with Gasteiger partial charge < -0.3 is 4.98 Å². The van der Waals surface area contributed by atoms with E-state index in [4.69, 9.17) is 0 Å². The lowest BCUT2D eigenvalue weighted by molar-refractivity contribution is 0.564. The minimum atomic E-state index is -0.426. The first kappa shape index (κ1) is 16.4. The monoisotopic (exact) mass is 346 g/mol. The molecule has 0 atom stereocenters. The second kappa shape index (κ2) is 6.67.